The number of aryl methyl sites for hydroxylation is 1. The van der Waals surface area contributed by atoms with Crippen LogP contribution in [-0.4, -0.2) is 31.4 Å². The zero-order valence-corrected chi connectivity index (χ0v) is 12.0. The third-order valence-electron chi connectivity index (χ3n) is 2.72. The van der Waals surface area contributed by atoms with Gasteiger partial charge in [-0.1, -0.05) is 24.3 Å². The van der Waals surface area contributed by atoms with Gasteiger partial charge in [0.25, 0.3) is 0 Å². The molecule has 0 aliphatic rings. The van der Waals surface area contributed by atoms with Crippen LogP contribution in [0.15, 0.2) is 24.3 Å². The van der Waals surface area contributed by atoms with Crippen LogP contribution in [0.1, 0.15) is 18.1 Å². The van der Waals surface area contributed by atoms with E-state index in [0.717, 1.165) is 11.5 Å². The Morgan fingerprint density at radius 3 is 2.78 bits per heavy atom. The molecule has 3 nitrogen and oxygen atoms in total. The zero-order valence-electron chi connectivity index (χ0n) is 11.2. The van der Waals surface area contributed by atoms with Crippen LogP contribution in [0.4, 0.5) is 0 Å². The summed E-state index contributed by atoms with van der Waals surface area (Å²) in [5.41, 5.74) is 2.61. The second-order valence-corrected chi connectivity index (χ2v) is 5.07. The molecule has 1 N–H and O–H groups in total. The summed E-state index contributed by atoms with van der Waals surface area (Å²) >= 11 is 1.74. The van der Waals surface area contributed by atoms with Crippen molar-refractivity contribution < 1.29 is 9.53 Å². The number of hydrogen-bond donors (Lipinski definition) is 1. The zero-order chi connectivity index (χ0) is 13.4. The monoisotopic (exact) mass is 267 g/mol. The van der Waals surface area contributed by atoms with Gasteiger partial charge in [-0.3, -0.25) is 4.79 Å². The fourth-order valence-electron chi connectivity index (χ4n) is 1.57. The normalized spacial score (nSPS) is 12.2. The van der Waals surface area contributed by atoms with Gasteiger partial charge in [-0.05, 0) is 32.0 Å². The number of esters is 1. The molecule has 1 unspecified atom stereocenters. The van der Waals surface area contributed by atoms with Crippen molar-refractivity contribution in [3.8, 4) is 0 Å². The first-order valence-electron chi connectivity index (χ1n) is 6.15. The number of rotatable bonds is 7. The van der Waals surface area contributed by atoms with Crippen LogP contribution < -0.4 is 5.32 Å². The summed E-state index contributed by atoms with van der Waals surface area (Å²) in [6.07, 6.45) is 0. The maximum atomic E-state index is 11.6. The molecule has 0 saturated heterocycles. The lowest BCUT2D eigenvalue weighted by Crippen LogP contribution is -2.37. The van der Waals surface area contributed by atoms with Gasteiger partial charge >= 0.3 is 5.97 Å². The number of thioether (sulfide) groups is 1. The molecular formula is C14H21NO2S. The summed E-state index contributed by atoms with van der Waals surface area (Å²) in [6, 6.07) is 8.10. The van der Waals surface area contributed by atoms with Crippen molar-refractivity contribution in [1.82, 2.24) is 5.32 Å². The van der Waals surface area contributed by atoms with Crippen molar-refractivity contribution >= 4 is 17.7 Å². The molecule has 0 bridgehead atoms. The lowest BCUT2D eigenvalue weighted by atomic mass is 10.1. The minimum absolute atomic E-state index is 0.169. The first-order chi connectivity index (χ1) is 8.69. The van der Waals surface area contributed by atoms with E-state index in [1.54, 1.807) is 18.8 Å². The van der Waals surface area contributed by atoms with Crippen molar-refractivity contribution in [3.63, 3.8) is 0 Å². The number of nitrogens with one attached hydrogen (secondary N) is 1. The molecule has 0 amide bonds. The van der Waals surface area contributed by atoms with Crippen molar-refractivity contribution in [3.05, 3.63) is 35.4 Å². The molecule has 0 saturated carbocycles. The Bertz CT molecular complexity index is 382. The third-order valence-corrected chi connectivity index (χ3v) is 3.81. The van der Waals surface area contributed by atoms with Gasteiger partial charge in [0.2, 0.25) is 0 Å². The van der Waals surface area contributed by atoms with Crippen molar-refractivity contribution in [2.45, 2.75) is 25.6 Å². The van der Waals surface area contributed by atoms with Crippen molar-refractivity contribution in [2.24, 2.45) is 0 Å². The average Bonchev–Trinajstić information content (AvgIpc) is 2.37. The van der Waals surface area contributed by atoms with Crippen LogP contribution in [0, 0.1) is 6.92 Å². The highest BCUT2D eigenvalue weighted by Crippen LogP contribution is 2.16. The predicted molar refractivity (Wildman–Crippen MR) is 76.8 cm³/mol. The summed E-state index contributed by atoms with van der Waals surface area (Å²) in [5.74, 6) is 1.48. The number of benzene rings is 1. The quantitative estimate of drug-likeness (QED) is 0.770. The molecule has 1 aromatic carbocycles. The average molecular weight is 267 g/mol. The Kier molecular flexibility index (Phi) is 6.83. The Labute approximate surface area is 113 Å². The van der Waals surface area contributed by atoms with E-state index in [-0.39, 0.29) is 12.0 Å². The molecule has 4 heteroatoms. The molecule has 18 heavy (non-hydrogen) atoms. The molecule has 0 aliphatic carbocycles. The van der Waals surface area contributed by atoms with Gasteiger partial charge in [0.05, 0.1) is 6.61 Å². The maximum absolute atomic E-state index is 11.6. The van der Waals surface area contributed by atoms with Crippen LogP contribution in [0.3, 0.4) is 0 Å². The first-order valence-corrected chi connectivity index (χ1v) is 7.30. The van der Waals surface area contributed by atoms with Gasteiger partial charge in [-0.2, -0.15) is 11.8 Å². The molecule has 0 aromatic heterocycles. The highest BCUT2D eigenvalue weighted by atomic mass is 32.2. The standard InChI is InChI=1S/C14H21NO2S/c1-4-17-14(16)13(15-3)10-18-9-12-8-6-5-7-11(12)2/h5-8,13,15H,4,9-10H2,1-3H3. The van der Waals surface area contributed by atoms with Crippen molar-refractivity contribution in [2.75, 3.05) is 19.4 Å². The van der Waals surface area contributed by atoms with Gasteiger partial charge in [0.1, 0.15) is 6.04 Å². The lowest BCUT2D eigenvalue weighted by molar-refractivity contribution is -0.144. The van der Waals surface area contributed by atoms with Gasteiger partial charge in [-0.25, -0.2) is 0 Å². The van der Waals surface area contributed by atoms with E-state index in [9.17, 15) is 4.79 Å². The number of ether oxygens (including phenoxy) is 1. The Hall–Kier alpha value is -1.00. The second-order valence-electron chi connectivity index (χ2n) is 4.03. The molecule has 0 spiro atoms. The minimum Gasteiger partial charge on any atom is -0.465 e. The highest BCUT2D eigenvalue weighted by Gasteiger charge is 2.17. The summed E-state index contributed by atoms with van der Waals surface area (Å²) in [4.78, 5) is 11.6. The molecule has 0 fully saturated rings. The van der Waals surface area contributed by atoms with E-state index in [2.05, 4.69) is 24.4 Å². The van der Waals surface area contributed by atoms with Gasteiger partial charge in [0, 0.05) is 11.5 Å². The maximum Gasteiger partial charge on any atom is 0.323 e. The molecular weight excluding hydrogens is 246 g/mol. The van der Waals surface area contributed by atoms with Crippen LogP contribution in [-0.2, 0) is 15.3 Å². The van der Waals surface area contributed by atoms with Crippen molar-refractivity contribution in [1.29, 1.82) is 0 Å². The van der Waals surface area contributed by atoms with Gasteiger partial charge in [0.15, 0.2) is 0 Å². The predicted octanol–water partition coefficient (Wildman–Crippen LogP) is 2.38. The largest absolute Gasteiger partial charge is 0.465 e. The van der Waals surface area contributed by atoms with E-state index < -0.39 is 0 Å². The third kappa shape index (κ3) is 4.70. The van der Waals surface area contributed by atoms with E-state index in [4.69, 9.17) is 4.74 Å². The summed E-state index contributed by atoms with van der Waals surface area (Å²) in [7, 11) is 1.79. The van der Waals surface area contributed by atoms with Gasteiger partial charge < -0.3 is 10.1 Å². The molecule has 100 valence electrons. The Morgan fingerprint density at radius 2 is 2.17 bits per heavy atom. The Morgan fingerprint density at radius 1 is 1.44 bits per heavy atom. The van der Waals surface area contributed by atoms with Crippen LogP contribution in [0.5, 0.6) is 0 Å². The van der Waals surface area contributed by atoms with E-state index in [1.807, 2.05) is 19.1 Å². The summed E-state index contributed by atoms with van der Waals surface area (Å²) in [5, 5.41) is 2.99. The molecule has 1 aromatic rings. The van der Waals surface area contributed by atoms with E-state index in [0.29, 0.717) is 6.61 Å². The SMILES string of the molecule is CCOC(=O)C(CSCc1ccccc1C)NC. The molecule has 0 aliphatic heterocycles. The number of carbonyl (C=O) groups is 1. The molecule has 0 radical (unpaired) electrons. The van der Waals surface area contributed by atoms with Crippen LogP contribution in [0.25, 0.3) is 0 Å². The highest BCUT2D eigenvalue weighted by molar-refractivity contribution is 7.98. The summed E-state index contributed by atoms with van der Waals surface area (Å²) < 4.78 is 5.01. The fourth-order valence-corrected chi connectivity index (χ4v) is 2.77. The molecule has 0 heterocycles. The molecule has 1 rings (SSSR count). The van der Waals surface area contributed by atoms with E-state index in [1.165, 1.54) is 11.1 Å². The number of hydrogen-bond acceptors (Lipinski definition) is 4. The summed E-state index contributed by atoms with van der Waals surface area (Å²) in [6.45, 7) is 4.36. The van der Waals surface area contributed by atoms with Crippen LogP contribution >= 0.6 is 11.8 Å². The topological polar surface area (TPSA) is 38.3 Å². The number of likely N-dealkylation sites (N-methyl/N-ethyl adjacent to an activating group) is 1. The Balaban J connectivity index is 2.40. The molecule has 1 atom stereocenters. The second kappa shape index (κ2) is 8.16. The number of carbonyl (C=O) groups excluding carboxylic acids is 1. The minimum atomic E-state index is -0.223. The lowest BCUT2D eigenvalue weighted by Gasteiger charge is -2.14. The first kappa shape index (κ1) is 15.1. The van der Waals surface area contributed by atoms with E-state index >= 15 is 0 Å². The fraction of sp³-hybridized carbons (Fsp3) is 0.500. The smallest absolute Gasteiger partial charge is 0.323 e. The van der Waals surface area contributed by atoms with Gasteiger partial charge in [-0.15, -0.1) is 0 Å². The van der Waals surface area contributed by atoms with Crippen LogP contribution in [0.2, 0.25) is 0 Å².